The number of carbonyl (C=O) groups excluding carboxylic acids is 1. The lowest BCUT2D eigenvalue weighted by Gasteiger charge is -2.34. The van der Waals surface area contributed by atoms with E-state index in [1.807, 2.05) is 0 Å². The van der Waals surface area contributed by atoms with Crippen LogP contribution in [0.3, 0.4) is 0 Å². The van der Waals surface area contributed by atoms with Crippen LogP contribution in [0.1, 0.15) is 23.7 Å². The Morgan fingerprint density at radius 3 is 2.70 bits per heavy atom. The van der Waals surface area contributed by atoms with Crippen molar-refractivity contribution in [2.75, 3.05) is 45.1 Å². The Hall–Kier alpha value is -1.69. The molecule has 1 amide bonds. The topological polar surface area (TPSA) is 48.5 Å². The van der Waals surface area contributed by atoms with Crippen molar-refractivity contribution >= 4 is 11.7 Å². The van der Waals surface area contributed by atoms with Gasteiger partial charge in [-0.1, -0.05) is 6.92 Å². The maximum Gasteiger partial charge on any atom is 0.257 e. The van der Waals surface area contributed by atoms with Crippen molar-refractivity contribution < 1.29 is 9.18 Å². The number of nitrogens with one attached hydrogen (secondary N) is 1. The van der Waals surface area contributed by atoms with E-state index in [2.05, 4.69) is 22.1 Å². The van der Waals surface area contributed by atoms with Crippen molar-refractivity contribution in [1.82, 2.24) is 14.8 Å². The number of piperazine rings is 1. The smallest absolute Gasteiger partial charge is 0.257 e. The van der Waals surface area contributed by atoms with Gasteiger partial charge in [0.25, 0.3) is 5.91 Å². The second-order valence-corrected chi connectivity index (χ2v) is 4.93. The third-order valence-corrected chi connectivity index (χ3v) is 3.52. The molecule has 0 bridgehead atoms. The van der Waals surface area contributed by atoms with Gasteiger partial charge in [0.1, 0.15) is 11.6 Å². The zero-order valence-corrected chi connectivity index (χ0v) is 12.0. The molecule has 1 saturated heterocycles. The minimum Gasteiger partial charge on any atom is -0.372 e. The predicted octanol–water partition coefficient (Wildman–Crippen LogP) is 1.43. The monoisotopic (exact) mass is 280 g/mol. The molecule has 20 heavy (non-hydrogen) atoms. The van der Waals surface area contributed by atoms with Gasteiger partial charge in [-0.3, -0.25) is 9.69 Å². The first-order chi connectivity index (χ1) is 9.65. The summed E-state index contributed by atoms with van der Waals surface area (Å²) < 4.78 is 13.3. The number of anilines is 1. The van der Waals surface area contributed by atoms with Gasteiger partial charge in [-0.2, -0.15) is 0 Å². The van der Waals surface area contributed by atoms with E-state index in [0.29, 0.717) is 24.5 Å². The first-order valence-electron chi connectivity index (χ1n) is 7.00. The highest BCUT2D eigenvalue weighted by atomic mass is 19.1. The van der Waals surface area contributed by atoms with Gasteiger partial charge in [0.05, 0.1) is 11.8 Å². The number of hydrogen-bond acceptors (Lipinski definition) is 4. The highest BCUT2D eigenvalue weighted by Crippen LogP contribution is 2.17. The van der Waals surface area contributed by atoms with Gasteiger partial charge < -0.3 is 10.2 Å². The summed E-state index contributed by atoms with van der Waals surface area (Å²) in [6.45, 7) is 6.31. The van der Waals surface area contributed by atoms with Crippen molar-refractivity contribution in [3.63, 3.8) is 0 Å². The molecule has 0 radical (unpaired) electrons. The van der Waals surface area contributed by atoms with Gasteiger partial charge in [-0.15, -0.1) is 0 Å². The van der Waals surface area contributed by atoms with E-state index in [1.54, 1.807) is 11.9 Å². The molecule has 1 aliphatic heterocycles. The Labute approximate surface area is 118 Å². The Bertz CT molecular complexity index is 472. The van der Waals surface area contributed by atoms with Crippen molar-refractivity contribution in [2.45, 2.75) is 13.3 Å². The Kier molecular flexibility index (Phi) is 4.89. The summed E-state index contributed by atoms with van der Waals surface area (Å²) in [7, 11) is 1.68. The molecule has 1 aliphatic rings. The SMILES string of the molecule is CCCN1CCN(C(=O)c2cc(F)cnc2NC)CC1. The zero-order valence-electron chi connectivity index (χ0n) is 12.0. The van der Waals surface area contributed by atoms with Gasteiger partial charge in [-0.05, 0) is 19.0 Å². The Morgan fingerprint density at radius 1 is 1.40 bits per heavy atom. The van der Waals surface area contributed by atoms with Crippen LogP contribution in [0.2, 0.25) is 0 Å². The van der Waals surface area contributed by atoms with E-state index < -0.39 is 5.82 Å². The minimum atomic E-state index is -0.489. The zero-order chi connectivity index (χ0) is 14.5. The third kappa shape index (κ3) is 3.25. The van der Waals surface area contributed by atoms with Gasteiger partial charge in [0, 0.05) is 33.2 Å². The second kappa shape index (κ2) is 6.65. The molecular formula is C14H21FN4O. The van der Waals surface area contributed by atoms with Gasteiger partial charge in [0.15, 0.2) is 0 Å². The average Bonchev–Trinajstić information content (AvgIpc) is 2.47. The summed E-state index contributed by atoms with van der Waals surface area (Å²) in [5, 5.41) is 2.84. The number of pyridine rings is 1. The first-order valence-corrected chi connectivity index (χ1v) is 7.00. The summed E-state index contributed by atoms with van der Waals surface area (Å²) in [6, 6.07) is 1.25. The lowest BCUT2D eigenvalue weighted by atomic mass is 10.2. The van der Waals surface area contributed by atoms with E-state index >= 15 is 0 Å². The Balaban J connectivity index is 2.07. The van der Waals surface area contributed by atoms with E-state index in [1.165, 1.54) is 6.07 Å². The second-order valence-electron chi connectivity index (χ2n) is 4.93. The van der Waals surface area contributed by atoms with Crippen molar-refractivity contribution in [3.8, 4) is 0 Å². The van der Waals surface area contributed by atoms with E-state index in [0.717, 1.165) is 32.3 Å². The number of rotatable bonds is 4. The van der Waals surface area contributed by atoms with Crippen LogP contribution in [0.4, 0.5) is 10.2 Å². The highest BCUT2D eigenvalue weighted by molar-refractivity contribution is 5.98. The fourth-order valence-corrected chi connectivity index (χ4v) is 2.46. The van der Waals surface area contributed by atoms with Gasteiger partial charge in [0.2, 0.25) is 0 Å². The van der Waals surface area contributed by atoms with Crippen LogP contribution in [0.15, 0.2) is 12.3 Å². The molecule has 6 heteroatoms. The molecule has 1 N–H and O–H groups in total. The van der Waals surface area contributed by atoms with Crippen LogP contribution in [-0.4, -0.2) is 60.5 Å². The molecule has 0 atom stereocenters. The number of aromatic nitrogens is 1. The third-order valence-electron chi connectivity index (χ3n) is 3.52. The van der Waals surface area contributed by atoms with Gasteiger partial charge >= 0.3 is 0 Å². The Morgan fingerprint density at radius 2 is 2.10 bits per heavy atom. The molecule has 1 aromatic heterocycles. The largest absolute Gasteiger partial charge is 0.372 e. The number of halogens is 1. The maximum absolute atomic E-state index is 13.3. The molecular weight excluding hydrogens is 259 g/mol. The lowest BCUT2D eigenvalue weighted by molar-refractivity contribution is 0.0637. The summed E-state index contributed by atoms with van der Waals surface area (Å²) in [5.41, 5.74) is 0.302. The fraction of sp³-hybridized carbons (Fsp3) is 0.571. The molecule has 0 aromatic carbocycles. The van der Waals surface area contributed by atoms with Crippen LogP contribution in [0.5, 0.6) is 0 Å². The molecule has 0 aliphatic carbocycles. The molecule has 1 aromatic rings. The van der Waals surface area contributed by atoms with E-state index in [4.69, 9.17) is 0 Å². The summed E-state index contributed by atoms with van der Waals surface area (Å²) in [5.74, 6) is -0.221. The summed E-state index contributed by atoms with van der Waals surface area (Å²) >= 11 is 0. The number of amides is 1. The summed E-state index contributed by atoms with van der Waals surface area (Å²) in [6.07, 6.45) is 2.23. The maximum atomic E-state index is 13.3. The number of carbonyl (C=O) groups is 1. The minimum absolute atomic E-state index is 0.155. The van der Waals surface area contributed by atoms with Crippen LogP contribution in [-0.2, 0) is 0 Å². The van der Waals surface area contributed by atoms with Gasteiger partial charge in [-0.25, -0.2) is 9.37 Å². The van der Waals surface area contributed by atoms with Crippen LogP contribution in [0, 0.1) is 5.82 Å². The molecule has 110 valence electrons. The molecule has 2 rings (SSSR count). The van der Waals surface area contributed by atoms with Crippen LogP contribution >= 0.6 is 0 Å². The van der Waals surface area contributed by atoms with E-state index in [9.17, 15) is 9.18 Å². The molecule has 1 fully saturated rings. The van der Waals surface area contributed by atoms with E-state index in [-0.39, 0.29) is 5.91 Å². The first kappa shape index (κ1) is 14.7. The fourth-order valence-electron chi connectivity index (χ4n) is 2.46. The molecule has 0 spiro atoms. The van der Waals surface area contributed by atoms with Crippen molar-refractivity contribution in [2.24, 2.45) is 0 Å². The molecule has 2 heterocycles. The lowest BCUT2D eigenvalue weighted by Crippen LogP contribution is -2.48. The molecule has 0 unspecified atom stereocenters. The highest BCUT2D eigenvalue weighted by Gasteiger charge is 2.24. The molecule has 5 nitrogen and oxygen atoms in total. The van der Waals surface area contributed by atoms with Crippen LogP contribution < -0.4 is 5.32 Å². The standard InChI is InChI=1S/C14H21FN4O/c1-3-4-18-5-7-19(8-6-18)14(20)12-9-11(15)10-17-13(12)16-2/h9-10H,3-8H2,1-2H3,(H,16,17). The van der Waals surface area contributed by atoms with Crippen molar-refractivity contribution in [1.29, 1.82) is 0 Å². The summed E-state index contributed by atoms with van der Waals surface area (Å²) in [4.78, 5) is 20.5. The van der Waals surface area contributed by atoms with Crippen molar-refractivity contribution in [3.05, 3.63) is 23.6 Å². The number of hydrogen-bond donors (Lipinski definition) is 1. The normalized spacial score (nSPS) is 16.2. The predicted molar refractivity (Wildman–Crippen MR) is 76.4 cm³/mol. The molecule has 0 saturated carbocycles. The van der Waals surface area contributed by atoms with Crippen LogP contribution in [0.25, 0.3) is 0 Å². The quantitative estimate of drug-likeness (QED) is 0.906. The number of nitrogens with zero attached hydrogens (tertiary/aromatic N) is 3. The average molecular weight is 280 g/mol.